The van der Waals surface area contributed by atoms with E-state index in [1.165, 1.54) is 6.92 Å². The van der Waals surface area contributed by atoms with E-state index < -0.39 is 66.1 Å². The fraction of sp³-hybridized carbons (Fsp3) is 0.611. The van der Waals surface area contributed by atoms with Crippen molar-refractivity contribution < 1.29 is 33.9 Å². The average molecular weight is 488 g/mol. The van der Waals surface area contributed by atoms with Gasteiger partial charge in [0.25, 0.3) is 0 Å². The van der Waals surface area contributed by atoms with Gasteiger partial charge in [-0.2, -0.15) is 0 Å². The first-order valence-corrected chi connectivity index (χ1v) is 10.3. The number of guanidine groups is 1. The number of nitrogens with zero attached hydrogens (tertiary/aromatic N) is 1. The highest BCUT2D eigenvalue weighted by Crippen LogP contribution is 2.02. The summed E-state index contributed by atoms with van der Waals surface area (Å²) in [6.45, 7) is 1.45. The van der Waals surface area contributed by atoms with Crippen LogP contribution in [-0.4, -0.2) is 77.3 Å². The molecule has 0 rings (SSSR count). The molecular weight excluding hydrogens is 454 g/mol. The molecule has 0 spiro atoms. The Morgan fingerprint density at radius 1 is 0.824 bits per heavy atom. The third kappa shape index (κ3) is 12.8. The Labute approximate surface area is 195 Å². The molecule has 0 fully saturated rings. The summed E-state index contributed by atoms with van der Waals surface area (Å²) >= 11 is 0. The molecule has 0 radical (unpaired) electrons. The number of primary amides is 2. The molecule has 34 heavy (non-hydrogen) atoms. The Hall–Kier alpha value is -3.95. The number of carbonyl (C=O) groups excluding carboxylic acids is 5. The molecule has 0 aromatic rings. The van der Waals surface area contributed by atoms with Crippen LogP contribution in [0.2, 0.25) is 0 Å². The van der Waals surface area contributed by atoms with E-state index in [0.717, 1.165) is 0 Å². The monoisotopic (exact) mass is 487 g/mol. The molecule has 0 aromatic heterocycles. The van der Waals surface area contributed by atoms with Crippen LogP contribution in [0.15, 0.2) is 4.99 Å². The second-order valence-electron chi connectivity index (χ2n) is 7.42. The molecule has 0 heterocycles. The van der Waals surface area contributed by atoms with Crippen molar-refractivity contribution >= 4 is 41.5 Å². The Bertz CT molecular complexity index is 799. The average Bonchev–Trinajstić information content (AvgIpc) is 2.71. The first-order chi connectivity index (χ1) is 15.7. The van der Waals surface area contributed by atoms with Crippen molar-refractivity contribution in [1.29, 1.82) is 0 Å². The van der Waals surface area contributed by atoms with Crippen molar-refractivity contribution in [3.8, 4) is 0 Å². The number of nitrogens with two attached hydrogens (primary N) is 5. The van der Waals surface area contributed by atoms with Gasteiger partial charge in [-0.3, -0.25) is 29.0 Å². The van der Waals surface area contributed by atoms with Crippen LogP contribution in [0.25, 0.3) is 0 Å². The number of carboxylic acid groups (broad SMARTS) is 1. The van der Waals surface area contributed by atoms with Crippen molar-refractivity contribution in [2.75, 3.05) is 6.54 Å². The molecule has 4 unspecified atom stereocenters. The summed E-state index contributed by atoms with van der Waals surface area (Å²) < 4.78 is 0. The maximum Gasteiger partial charge on any atom is 0.326 e. The zero-order chi connectivity index (χ0) is 26.4. The molecule has 0 saturated heterocycles. The smallest absolute Gasteiger partial charge is 0.326 e. The van der Waals surface area contributed by atoms with Crippen LogP contribution in [-0.2, 0) is 28.8 Å². The summed E-state index contributed by atoms with van der Waals surface area (Å²) in [5.41, 5.74) is 26.0. The van der Waals surface area contributed by atoms with Crippen molar-refractivity contribution in [2.45, 2.75) is 63.2 Å². The van der Waals surface area contributed by atoms with Gasteiger partial charge in [0, 0.05) is 13.0 Å². The molecular formula is C18H33N9O7. The van der Waals surface area contributed by atoms with Gasteiger partial charge in [0.1, 0.15) is 18.1 Å². The lowest BCUT2D eigenvalue weighted by Crippen LogP contribution is -2.56. The van der Waals surface area contributed by atoms with E-state index in [0.29, 0.717) is 0 Å². The van der Waals surface area contributed by atoms with Gasteiger partial charge in [-0.25, -0.2) is 4.79 Å². The van der Waals surface area contributed by atoms with Crippen molar-refractivity contribution in [2.24, 2.45) is 33.7 Å². The summed E-state index contributed by atoms with van der Waals surface area (Å²) in [4.78, 5) is 74.3. The Morgan fingerprint density at radius 3 is 1.91 bits per heavy atom. The fourth-order valence-electron chi connectivity index (χ4n) is 2.58. The van der Waals surface area contributed by atoms with Gasteiger partial charge in [-0.15, -0.1) is 0 Å². The highest BCUT2D eigenvalue weighted by atomic mass is 16.4. The van der Waals surface area contributed by atoms with Gasteiger partial charge in [0.2, 0.25) is 29.5 Å². The largest absolute Gasteiger partial charge is 0.480 e. The fourth-order valence-corrected chi connectivity index (χ4v) is 2.58. The SMILES string of the molecule is CC(NC(=O)C(CCC(N)=O)NC(=O)C(N)CC(N)=O)C(=O)NC(CCCN=C(N)N)C(=O)O. The minimum Gasteiger partial charge on any atom is -0.480 e. The number of hydrogen-bond donors (Lipinski definition) is 9. The van der Waals surface area contributed by atoms with Crippen LogP contribution in [0.4, 0.5) is 0 Å². The van der Waals surface area contributed by atoms with E-state index in [-0.39, 0.29) is 38.2 Å². The number of nitrogens with one attached hydrogen (secondary N) is 3. The Kier molecular flexibility index (Phi) is 13.2. The van der Waals surface area contributed by atoms with E-state index >= 15 is 0 Å². The lowest BCUT2D eigenvalue weighted by molar-refractivity contribution is -0.142. The number of carboxylic acids is 1. The summed E-state index contributed by atoms with van der Waals surface area (Å²) in [5, 5.41) is 16.2. The van der Waals surface area contributed by atoms with Gasteiger partial charge < -0.3 is 49.7 Å². The van der Waals surface area contributed by atoms with Gasteiger partial charge in [0.15, 0.2) is 5.96 Å². The van der Waals surface area contributed by atoms with E-state index in [1.807, 2.05) is 0 Å². The molecule has 0 bridgehead atoms. The van der Waals surface area contributed by atoms with Crippen molar-refractivity contribution in [1.82, 2.24) is 16.0 Å². The summed E-state index contributed by atoms with van der Waals surface area (Å²) in [6.07, 6.45) is -0.682. The standard InChI is InChI=1S/C18H33N9O7/c1-8(14(30)27-11(17(33)34)3-2-6-24-18(22)23)25-16(32)10(4-5-12(20)28)26-15(31)9(19)7-13(21)29/h8-11H,2-7,19H2,1H3,(H2,20,28)(H2,21,29)(H,25,32)(H,26,31)(H,27,30)(H,33,34)(H4,22,23,24). The second kappa shape index (κ2) is 15.0. The molecule has 16 heteroatoms. The lowest BCUT2D eigenvalue weighted by Gasteiger charge is -2.23. The van der Waals surface area contributed by atoms with Crippen molar-refractivity contribution in [3.05, 3.63) is 0 Å². The summed E-state index contributed by atoms with van der Waals surface area (Å²) in [6, 6.07) is -5.13. The maximum absolute atomic E-state index is 12.6. The second-order valence-corrected chi connectivity index (χ2v) is 7.42. The molecule has 0 aromatic carbocycles. The highest BCUT2D eigenvalue weighted by molar-refractivity contribution is 5.95. The van der Waals surface area contributed by atoms with Gasteiger partial charge in [-0.05, 0) is 26.2 Å². The topological polar surface area (TPSA) is 301 Å². The van der Waals surface area contributed by atoms with Gasteiger partial charge in [0.05, 0.1) is 12.5 Å². The normalized spacial score (nSPS) is 13.9. The molecule has 192 valence electrons. The van der Waals surface area contributed by atoms with Crippen LogP contribution >= 0.6 is 0 Å². The number of amides is 5. The van der Waals surface area contributed by atoms with Crippen LogP contribution in [0, 0.1) is 0 Å². The predicted molar refractivity (Wildman–Crippen MR) is 119 cm³/mol. The zero-order valence-electron chi connectivity index (χ0n) is 18.8. The van der Waals surface area contributed by atoms with Crippen LogP contribution in [0.3, 0.4) is 0 Å². The zero-order valence-corrected chi connectivity index (χ0v) is 18.8. The molecule has 5 amide bonds. The molecule has 0 aliphatic rings. The molecule has 0 aliphatic heterocycles. The molecule has 4 atom stereocenters. The molecule has 16 nitrogen and oxygen atoms in total. The minimum absolute atomic E-state index is 0.0214. The Morgan fingerprint density at radius 2 is 1.41 bits per heavy atom. The number of aliphatic carboxylic acids is 1. The van der Waals surface area contributed by atoms with Crippen LogP contribution in [0.5, 0.6) is 0 Å². The first kappa shape index (κ1) is 30.1. The highest BCUT2D eigenvalue weighted by Gasteiger charge is 2.28. The summed E-state index contributed by atoms with van der Waals surface area (Å²) in [7, 11) is 0. The number of aliphatic imine (C=N–C) groups is 1. The van der Waals surface area contributed by atoms with Gasteiger partial charge in [-0.1, -0.05) is 0 Å². The number of rotatable bonds is 16. The maximum atomic E-state index is 12.6. The van der Waals surface area contributed by atoms with E-state index in [4.69, 9.17) is 28.7 Å². The minimum atomic E-state index is -1.34. The Balaban J connectivity index is 5.10. The van der Waals surface area contributed by atoms with Crippen LogP contribution < -0.4 is 44.6 Å². The lowest BCUT2D eigenvalue weighted by atomic mass is 10.1. The third-order valence-corrected chi connectivity index (χ3v) is 4.38. The molecule has 14 N–H and O–H groups in total. The van der Waals surface area contributed by atoms with E-state index in [1.54, 1.807) is 0 Å². The first-order valence-electron chi connectivity index (χ1n) is 10.3. The summed E-state index contributed by atoms with van der Waals surface area (Å²) in [5.74, 6) is -5.59. The van der Waals surface area contributed by atoms with Crippen molar-refractivity contribution in [3.63, 3.8) is 0 Å². The van der Waals surface area contributed by atoms with E-state index in [2.05, 4.69) is 20.9 Å². The molecule has 0 aliphatic carbocycles. The van der Waals surface area contributed by atoms with E-state index in [9.17, 15) is 33.9 Å². The predicted octanol–water partition coefficient (Wildman–Crippen LogP) is -4.93. The quantitative estimate of drug-likeness (QED) is 0.0567. The number of carbonyl (C=O) groups is 6. The number of hydrogen-bond acceptors (Lipinski definition) is 8. The molecule has 0 saturated carbocycles. The van der Waals surface area contributed by atoms with Gasteiger partial charge >= 0.3 is 5.97 Å². The third-order valence-electron chi connectivity index (χ3n) is 4.38. The van der Waals surface area contributed by atoms with Crippen LogP contribution in [0.1, 0.15) is 39.0 Å².